The number of rotatable bonds is 10. The maximum Gasteiger partial charge on any atom is 0.257 e. The third-order valence-corrected chi connectivity index (χ3v) is 6.96. The summed E-state index contributed by atoms with van der Waals surface area (Å²) < 4.78 is 2.17. The molecule has 4 aromatic rings. The number of aryl methyl sites for hydroxylation is 1. The lowest BCUT2D eigenvalue weighted by molar-refractivity contribution is 0.102. The molecule has 0 bridgehead atoms. The quantitative estimate of drug-likeness (QED) is 0.236. The summed E-state index contributed by atoms with van der Waals surface area (Å²) in [7, 11) is 0. The number of unbranched alkanes of at least 4 members (excludes halogenated alkanes) is 1. The molecular weight excluding hydrogens is 490 g/mol. The number of carbonyl (C=O) groups is 1. The molecule has 0 radical (unpaired) electrons. The van der Waals surface area contributed by atoms with Gasteiger partial charge in [0.15, 0.2) is 5.16 Å². The molecule has 0 aliphatic heterocycles. The number of nitrogens with zero attached hydrogens (tertiary/aromatic N) is 4. The van der Waals surface area contributed by atoms with Gasteiger partial charge in [0.05, 0.1) is 23.7 Å². The number of hydrogen-bond acceptors (Lipinski definition) is 5. The molecule has 0 aliphatic carbocycles. The summed E-state index contributed by atoms with van der Waals surface area (Å²) in [6, 6.07) is 24.4. The summed E-state index contributed by atoms with van der Waals surface area (Å²) >= 11 is 7.67. The van der Waals surface area contributed by atoms with E-state index in [1.807, 2.05) is 48.5 Å². The molecule has 0 aliphatic rings. The van der Waals surface area contributed by atoms with Crippen LogP contribution >= 0.6 is 23.4 Å². The Hall–Kier alpha value is -3.60. The second-order valence-corrected chi connectivity index (χ2v) is 9.69. The Morgan fingerprint density at radius 1 is 1.03 bits per heavy atom. The van der Waals surface area contributed by atoms with Gasteiger partial charge in [-0.05, 0) is 53.9 Å². The lowest BCUT2D eigenvalue weighted by Gasteiger charge is -2.12. The molecule has 1 amide bonds. The maximum absolute atomic E-state index is 12.6. The van der Waals surface area contributed by atoms with Crippen LogP contribution in [0.1, 0.15) is 52.6 Å². The van der Waals surface area contributed by atoms with Crippen molar-refractivity contribution in [2.24, 2.45) is 0 Å². The number of aromatic nitrogens is 3. The summed E-state index contributed by atoms with van der Waals surface area (Å²) in [5.74, 6) is 1.44. The number of thioether (sulfide) groups is 1. The van der Waals surface area contributed by atoms with E-state index in [1.54, 1.807) is 36.0 Å². The second kappa shape index (κ2) is 12.4. The van der Waals surface area contributed by atoms with Crippen LogP contribution in [0.5, 0.6) is 0 Å². The molecule has 1 heterocycles. The number of anilines is 1. The molecule has 0 spiro atoms. The number of benzene rings is 3. The van der Waals surface area contributed by atoms with Crippen LogP contribution in [0.2, 0.25) is 5.02 Å². The average molecular weight is 516 g/mol. The summed E-state index contributed by atoms with van der Waals surface area (Å²) in [4.78, 5) is 12.6. The predicted octanol–water partition coefficient (Wildman–Crippen LogP) is 6.74. The van der Waals surface area contributed by atoms with Crippen LogP contribution in [0.4, 0.5) is 5.69 Å². The molecule has 0 unspecified atom stereocenters. The van der Waals surface area contributed by atoms with E-state index in [0.29, 0.717) is 23.4 Å². The molecule has 182 valence electrons. The SMILES string of the molecule is CCCCc1nnc(SCc2ccc(Cl)cc2)n1Cc1ccc(NC(=O)c2ccccc2C#N)cc1. The highest BCUT2D eigenvalue weighted by Crippen LogP contribution is 2.25. The molecule has 1 aromatic heterocycles. The fourth-order valence-electron chi connectivity index (χ4n) is 3.69. The van der Waals surface area contributed by atoms with Gasteiger partial charge in [-0.3, -0.25) is 4.79 Å². The zero-order chi connectivity index (χ0) is 25.3. The van der Waals surface area contributed by atoms with E-state index in [-0.39, 0.29) is 5.91 Å². The summed E-state index contributed by atoms with van der Waals surface area (Å²) in [6.07, 6.45) is 3.01. The van der Waals surface area contributed by atoms with Gasteiger partial charge in [-0.25, -0.2) is 0 Å². The fourth-order valence-corrected chi connectivity index (χ4v) is 4.72. The van der Waals surface area contributed by atoms with E-state index in [2.05, 4.69) is 33.1 Å². The third kappa shape index (κ3) is 6.54. The zero-order valence-electron chi connectivity index (χ0n) is 19.9. The first-order valence-electron chi connectivity index (χ1n) is 11.8. The van der Waals surface area contributed by atoms with Gasteiger partial charge < -0.3 is 9.88 Å². The topological polar surface area (TPSA) is 83.6 Å². The van der Waals surface area contributed by atoms with Gasteiger partial charge in [0, 0.05) is 22.9 Å². The van der Waals surface area contributed by atoms with Gasteiger partial charge in [0.1, 0.15) is 5.82 Å². The molecule has 6 nitrogen and oxygen atoms in total. The Morgan fingerprint density at radius 2 is 1.75 bits per heavy atom. The molecule has 36 heavy (non-hydrogen) atoms. The van der Waals surface area contributed by atoms with Crippen LogP contribution in [0.25, 0.3) is 0 Å². The first-order valence-corrected chi connectivity index (χ1v) is 13.1. The minimum Gasteiger partial charge on any atom is -0.322 e. The van der Waals surface area contributed by atoms with Gasteiger partial charge in [0.2, 0.25) is 0 Å². The number of nitriles is 1. The van der Waals surface area contributed by atoms with Gasteiger partial charge in [-0.15, -0.1) is 10.2 Å². The van der Waals surface area contributed by atoms with Crippen LogP contribution in [-0.4, -0.2) is 20.7 Å². The van der Waals surface area contributed by atoms with Crippen LogP contribution < -0.4 is 5.32 Å². The molecule has 3 aromatic carbocycles. The van der Waals surface area contributed by atoms with Crippen LogP contribution in [0, 0.1) is 11.3 Å². The average Bonchev–Trinajstić information content (AvgIpc) is 3.29. The highest BCUT2D eigenvalue weighted by molar-refractivity contribution is 7.98. The van der Waals surface area contributed by atoms with Crippen LogP contribution in [0.3, 0.4) is 0 Å². The Balaban J connectivity index is 1.47. The van der Waals surface area contributed by atoms with Crippen molar-refractivity contribution in [1.82, 2.24) is 14.8 Å². The van der Waals surface area contributed by atoms with Crippen molar-refractivity contribution in [3.8, 4) is 6.07 Å². The zero-order valence-corrected chi connectivity index (χ0v) is 21.5. The first-order chi connectivity index (χ1) is 17.6. The number of carbonyl (C=O) groups excluding carboxylic acids is 1. The summed E-state index contributed by atoms with van der Waals surface area (Å²) in [5.41, 5.74) is 3.63. The van der Waals surface area contributed by atoms with Gasteiger partial charge in [-0.1, -0.05) is 73.1 Å². The lowest BCUT2D eigenvalue weighted by atomic mass is 10.1. The molecular formula is C28H26ClN5OS. The van der Waals surface area contributed by atoms with E-state index in [0.717, 1.165) is 46.6 Å². The molecule has 0 fully saturated rings. The van der Waals surface area contributed by atoms with E-state index < -0.39 is 0 Å². The third-order valence-electron chi connectivity index (χ3n) is 5.67. The molecule has 0 saturated carbocycles. The van der Waals surface area contributed by atoms with E-state index in [4.69, 9.17) is 11.6 Å². The van der Waals surface area contributed by atoms with Crippen LogP contribution in [0.15, 0.2) is 78.0 Å². The lowest BCUT2D eigenvalue weighted by Crippen LogP contribution is -2.13. The van der Waals surface area contributed by atoms with Crippen molar-refractivity contribution in [1.29, 1.82) is 5.26 Å². The van der Waals surface area contributed by atoms with Crippen molar-refractivity contribution in [3.05, 3.63) is 106 Å². The highest BCUT2D eigenvalue weighted by Gasteiger charge is 2.14. The number of hydrogen-bond donors (Lipinski definition) is 1. The molecule has 0 saturated heterocycles. The number of halogens is 1. The van der Waals surface area contributed by atoms with Gasteiger partial charge in [0.25, 0.3) is 5.91 Å². The van der Waals surface area contributed by atoms with E-state index in [1.165, 1.54) is 5.56 Å². The number of nitrogens with one attached hydrogen (secondary N) is 1. The fraction of sp³-hybridized carbons (Fsp3) is 0.214. The minimum atomic E-state index is -0.304. The molecule has 1 N–H and O–H groups in total. The van der Waals surface area contributed by atoms with Crippen molar-refractivity contribution in [2.45, 2.75) is 43.6 Å². The molecule has 8 heteroatoms. The molecule has 4 rings (SSSR count). The smallest absolute Gasteiger partial charge is 0.257 e. The monoisotopic (exact) mass is 515 g/mol. The van der Waals surface area contributed by atoms with E-state index in [9.17, 15) is 10.1 Å². The Kier molecular flexibility index (Phi) is 8.77. The van der Waals surface area contributed by atoms with Gasteiger partial charge >= 0.3 is 0 Å². The Morgan fingerprint density at radius 3 is 2.47 bits per heavy atom. The highest BCUT2D eigenvalue weighted by atomic mass is 35.5. The minimum absolute atomic E-state index is 0.304. The first kappa shape index (κ1) is 25.5. The van der Waals surface area contributed by atoms with Crippen molar-refractivity contribution < 1.29 is 4.79 Å². The van der Waals surface area contributed by atoms with Gasteiger partial charge in [-0.2, -0.15) is 5.26 Å². The second-order valence-electron chi connectivity index (χ2n) is 8.31. The predicted molar refractivity (Wildman–Crippen MR) is 144 cm³/mol. The number of amides is 1. The largest absolute Gasteiger partial charge is 0.322 e. The summed E-state index contributed by atoms with van der Waals surface area (Å²) in [6.45, 7) is 2.80. The van der Waals surface area contributed by atoms with Crippen molar-refractivity contribution in [3.63, 3.8) is 0 Å². The standard InChI is InChI=1S/C28H26ClN5OS/c1-2-3-8-26-32-33-28(36-19-21-9-13-23(29)14-10-21)34(26)18-20-11-15-24(16-12-20)31-27(35)25-7-5-4-6-22(25)17-30/h4-7,9-16H,2-3,8,18-19H2,1H3,(H,31,35). The maximum atomic E-state index is 12.6. The Bertz CT molecular complexity index is 1360. The Labute approximate surface area is 220 Å². The van der Waals surface area contributed by atoms with Crippen molar-refractivity contribution >= 4 is 35.0 Å². The molecule has 0 atom stereocenters. The normalized spacial score (nSPS) is 10.7. The van der Waals surface area contributed by atoms with Crippen molar-refractivity contribution in [2.75, 3.05) is 5.32 Å². The van der Waals surface area contributed by atoms with E-state index >= 15 is 0 Å². The summed E-state index contributed by atoms with van der Waals surface area (Å²) in [5, 5.41) is 22.7. The van der Waals surface area contributed by atoms with Crippen LogP contribution in [-0.2, 0) is 18.7 Å².